The fourth-order valence-corrected chi connectivity index (χ4v) is 6.50. The van der Waals surface area contributed by atoms with Crippen LogP contribution in [0.2, 0.25) is 0 Å². The second-order valence-electron chi connectivity index (χ2n) is 6.84. The zero-order valence-electron chi connectivity index (χ0n) is 15.0. The third kappa shape index (κ3) is 2.96. The van der Waals surface area contributed by atoms with Crippen molar-refractivity contribution in [3.63, 3.8) is 0 Å². The Morgan fingerprint density at radius 1 is 1.04 bits per heavy atom. The SMILES string of the molecule is Nc1c([S+]([O-])C2CCC2)sc2nc(-c3cccnc3)nc(-c3ccccc3)c12. The largest absolute Gasteiger partial charge is 0.611 e. The van der Waals surface area contributed by atoms with Crippen molar-refractivity contribution < 1.29 is 4.55 Å². The highest BCUT2D eigenvalue weighted by molar-refractivity contribution is 7.94. The van der Waals surface area contributed by atoms with Crippen LogP contribution in [0.1, 0.15) is 19.3 Å². The maximum Gasteiger partial charge on any atom is 0.232 e. The molecule has 1 saturated carbocycles. The van der Waals surface area contributed by atoms with Crippen LogP contribution in [0.4, 0.5) is 5.69 Å². The van der Waals surface area contributed by atoms with Gasteiger partial charge in [0.25, 0.3) is 0 Å². The van der Waals surface area contributed by atoms with Crippen LogP contribution in [0.5, 0.6) is 0 Å². The fourth-order valence-electron chi connectivity index (χ4n) is 3.32. The van der Waals surface area contributed by atoms with E-state index < -0.39 is 11.2 Å². The van der Waals surface area contributed by atoms with Crippen LogP contribution in [0.25, 0.3) is 32.9 Å². The van der Waals surface area contributed by atoms with Crippen LogP contribution in [0.15, 0.2) is 59.1 Å². The number of benzene rings is 1. The lowest BCUT2D eigenvalue weighted by molar-refractivity contribution is 0.478. The van der Waals surface area contributed by atoms with Gasteiger partial charge in [0.15, 0.2) is 5.82 Å². The summed E-state index contributed by atoms with van der Waals surface area (Å²) < 4.78 is 13.7. The molecule has 4 aromatic rings. The van der Waals surface area contributed by atoms with Crippen LogP contribution < -0.4 is 5.73 Å². The summed E-state index contributed by atoms with van der Waals surface area (Å²) in [5, 5.41) is 1.01. The normalized spacial score (nSPS) is 15.5. The molecule has 0 radical (unpaired) electrons. The minimum atomic E-state index is -1.09. The molecule has 0 saturated heterocycles. The second-order valence-corrected chi connectivity index (χ2v) is 9.76. The summed E-state index contributed by atoms with van der Waals surface area (Å²) in [4.78, 5) is 14.5. The summed E-state index contributed by atoms with van der Waals surface area (Å²) in [6, 6.07) is 13.7. The van der Waals surface area contributed by atoms with Gasteiger partial charge in [0.2, 0.25) is 4.21 Å². The predicted octanol–water partition coefficient (Wildman–Crippen LogP) is 4.66. The first-order valence-corrected chi connectivity index (χ1v) is 11.2. The smallest absolute Gasteiger partial charge is 0.232 e. The number of hydrogen-bond donors (Lipinski definition) is 1. The second kappa shape index (κ2) is 7.16. The summed E-state index contributed by atoms with van der Waals surface area (Å²) >= 11 is 0.343. The number of nitrogens with two attached hydrogens (primary N) is 1. The third-order valence-electron chi connectivity index (χ3n) is 5.06. The summed E-state index contributed by atoms with van der Waals surface area (Å²) in [5.41, 5.74) is 9.65. The number of hydrogen-bond acceptors (Lipinski definition) is 6. The van der Waals surface area contributed by atoms with Crippen molar-refractivity contribution in [2.75, 3.05) is 5.73 Å². The lowest BCUT2D eigenvalue weighted by Gasteiger charge is -2.26. The summed E-state index contributed by atoms with van der Waals surface area (Å²) in [6.45, 7) is 0. The van der Waals surface area contributed by atoms with Crippen LogP contribution >= 0.6 is 11.3 Å². The molecule has 3 heterocycles. The van der Waals surface area contributed by atoms with E-state index in [9.17, 15) is 4.55 Å². The van der Waals surface area contributed by atoms with Crippen molar-refractivity contribution in [3.8, 4) is 22.6 Å². The molecule has 1 aliphatic carbocycles. The standard InChI is InChI=1S/C21H18N4OS2/c22-17-16-18(13-6-2-1-3-7-13)24-19(14-8-5-11-23-12-14)25-20(16)27-21(17)28(26)15-9-4-10-15/h1-3,5-8,11-12,15H,4,9-10,22H2. The van der Waals surface area contributed by atoms with Crippen LogP contribution in [-0.2, 0) is 11.2 Å². The molecule has 5 nitrogen and oxygen atoms in total. The van der Waals surface area contributed by atoms with Crippen LogP contribution in [0.3, 0.4) is 0 Å². The fraction of sp³-hybridized carbons (Fsp3) is 0.190. The van der Waals surface area contributed by atoms with Crippen molar-refractivity contribution in [1.82, 2.24) is 15.0 Å². The van der Waals surface area contributed by atoms with E-state index in [-0.39, 0.29) is 5.25 Å². The Bertz CT molecular complexity index is 1130. The summed E-state index contributed by atoms with van der Waals surface area (Å²) in [7, 11) is 0. The molecule has 7 heteroatoms. The number of rotatable bonds is 4. The van der Waals surface area contributed by atoms with Gasteiger partial charge >= 0.3 is 0 Å². The molecule has 2 N–H and O–H groups in total. The Hall–Kier alpha value is -2.48. The van der Waals surface area contributed by atoms with Gasteiger partial charge in [-0.25, -0.2) is 9.97 Å². The van der Waals surface area contributed by atoms with Crippen molar-refractivity contribution in [3.05, 3.63) is 54.9 Å². The molecule has 0 spiro atoms. The highest BCUT2D eigenvalue weighted by Gasteiger charge is 2.35. The minimum absolute atomic E-state index is 0.210. The van der Waals surface area contributed by atoms with Gasteiger partial charge < -0.3 is 10.3 Å². The monoisotopic (exact) mass is 406 g/mol. The lowest BCUT2D eigenvalue weighted by Crippen LogP contribution is -2.28. The van der Waals surface area contributed by atoms with Gasteiger partial charge in [-0.1, -0.05) is 41.7 Å². The third-order valence-corrected chi connectivity index (χ3v) is 8.36. The number of thiophene rings is 1. The molecule has 140 valence electrons. The molecule has 0 bridgehead atoms. The Labute approximate surface area is 169 Å². The highest BCUT2D eigenvalue weighted by Crippen LogP contribution is 2.44. The molecule has 0 aliphatic heterocycles. The number of fused-ring (bicyclic) bond motifs is 1. The van der Waals surface area contributed by atoms with E-state index in [4.69, 9.17) is 15.7 Å². The van der Waals surface area contributed by atoms with Crippen molar-refractivity contribution in [1.29, 1.82) is 0 Å². The molecule has 1 aliphatic rings. The molecule has 5 rings (SSSR count). The first-order valence-electron chi connectivity index (χ1n) is 9.19. The molecular formula is C21H18N4OS2. The minimum Gasteiger partial charge on any atom is -0.611 e. The molecule has 3 aromatic heterocycles. The topological polar surface area (TPSA) is 87.8 Å². The Morgan fingerprint density at radius 3 is 2.50 bits per heavy atom. The van der Waals surface area contributed by atoms with Crippen molar-refractivity contribution >= 4 is 38.4 Å². The summed E-state index contributed by atoms with van der Waals surface area (Å²) in [5.74, 6) is 0.599. The highest BCUT2D eigenvalue weighted by atomic mass is 32.2. The molecule has 1 aromatic carbocycles. The van der Waals surface area contributed by atoms with E-state index in [0.717, 1.165) is 50.5 Å². The first kappa shape index (κ1) is 17.6. The average molecular weight is 407 g/mol. The number of nitrogen functional groups attached to an aromatic ring is 1. The number of nitrogens with zero attached hydrogens (tertiary/aromatic N) is 3. The van der Waals surface area contributed by atoms with E-state index in [0.29, 0.717) is 11.5 Å². The van der Waals surface area contributed by atoms with E-state index in [1.807, 2.05) is 42.5 Å². The zero-order chi connectivity index (χ0) is 19.1. The molecule has 0 amide bonds. The maximum absolute atomic E-state index is 13.0. The van der Waals surface area contributed by atoms with Gasteiger partial charge in [-0.05, 0) is 31.4 Å². The molecule has 1 fully saturated rings. The van der Waals surface area contributed by atoms with E-state index in [1.54, 1.807) is 12.4 Å². The average Bonchev–Trinajstić information content (AvgIpc) is 3.04. The molecular weight excluding hydrogens is 388 g/mol. The van der Waals surface area contributed by atoms with Gasteiger partial charge in [-0.3, -0.25) is 4.98 Å². The maximum atomic E-state index is 13.0. The quantitative estimate of drug-likeness (QED) is 0.498. The van der Waals surface area contributed by atoms with Gasteiger partial charge in [0.05, 0.1) is 11.1 Å². The van der Waals surface area contributed by atoms with Gasteiger partial charge in [-0.2, -0.15) is 0 Å². The zero-order valence-corrected chi connectivity index (χ0v) is 16.7. The lowest BCUT2D eigenvalue weighted by atomic mass is 10.0. The molecule has 28 heavy (non-hydrogen) atoms. The first-order chi connectivity index (χ1) is 13.7. The van der Waals surface area contributed by atoms with Crippen molar-refractivity contribution in [2.45, 2.75) is 28.7 Å². The predicted molar refractivity (Wildman–Crippen MR) is 115 cm³/mol. The number of anilines is 1. The Balaban J connectivity index is 1.75. The Morgan fingerprint density at radius 2 is 1.82 bits per heavy atom. The number of pyridine rings is 1. The van der Waals surface area contributed by atoms with Crippen LogP contribution in [-0.4, -0.2) is 24.8 Å². The van der Waals surface area contributed by atoms with Gasteiger partial charge in [-0.15, -0.1) is 0 Å². The van der Waals surface area contributed by atoms with Crippen molar-refractivity contribution in [2.24, 2.45) is 0 Å². The van der Waals surface area contributed by atoms with E-state index >= 15 is 0 Å². The van der Waals surface area contributed by atoms with Gasteiger partial charge in [0.1, 0.15) is 15.8 Å². The number of aromatic nitrogens is 3. The van der Waals surface area contributed by atoms with Crippen LogP contribution in [0, 0.1) is 0 Å². The van der Waals surface area contributed by atoms with E-state index in [1.165, 1.54) is 11.3 Å². The van der Waals surface area contributed by atoms with Gasteiger partial charge in [0, 0.05) is 34.7 Å². The Kier molecular flexibility index (Phi) is 4.50. The van der Waals surface area contributed by atoms with E-state index in [2.05, 4.69) is 4.98 Å². The summed E-state index contributed by atoms with van der Waals surface area (Å²) in [6.07, 6.45) is 6.61. The molecule has 1 atom stereocenters. The molecule has 1 unspecified atom stereocenters.